The van der Waals surface area contributed by atoms with Crippen LogP contribution in [0.4, 0.5) is 5.69 Å². The van der Waals surface area contributed by atoms with Gasteiger partial charge < -0.3 is 15.1 Å². The number of carbonyl (C=O) groups is 1. The fourth-order valence-electron chi connectivity index (χ4n) is 3.38. The zero-order chi connectivity index (χ0) is 14.1. The van der Waals surface area contributed by atoms with E-state index < -0.39 is 0 Å². The van der Waals surface area contributed by atoms with Crippen molar-refractivity contribution in [1.82, 2.24) is 9.80 Å². The topological polar surface area (TPSA) is 35.6 Å². The Kier molecular flexibility index (Phi) is 3.66. The molecular weight excluding hydrogens is 250 g/mol. The number of hydrogen-bond acceptors (Lipinski definition) is 3. The molecule has 0 radical (unpaired) electrons. The number of likely N-dealkylation sites (tertiary alicyclic amines) is 1. The minimum Gasteiger partial charge on any atom is -0.373 e. The van der Waals surface area contributed by atoms with Crippen LogP contribution in [0, 0.1) is 0 Å². The summed E-state index contributed by atoms with van der Waals surface area (Å²) in [6.07, 6.45) is 3.08. The number of nitrogens with zero attached hydrogens (tertiary/aromatic N) is 2. The second kappa shape index (κ2) is 5.44. The number of fused-ring (bicyclic) bond motifs is 1. The Bertz CT molecular complexity index is 475. The van der Waals surface area contributed by atoms with Crippen LogP contribution in [0.15, 0.2) is 24.3 Å². The third-order valence-corrected chi connectivity index (χ3v) is 4.31. The molecule has 20 heavy (non-hydrogen) atoms. The van der Waals surface area contributed by atoms with Gasteiger partial charge in [-0.2, -0.15) is 0 Å². The van der Waals surface area contributed by atoms with Gasteiger partial charge in [0.2, 0.25) is 5.91 Å². The van der Waals surface area contributed by atoms with Crippen LogP contribution in [0.1, 0.15) is 18.4 Å². The zero-order valence-corrected chi connectivity index (χ0v) is 12.3. The van der Waals surface area contributed by atoms with Crippen LogP contribution in [0.25, 0.3) is 0 Å². The molecule has 0 saturated carbocycles. The number of carbonyl (C=O) groups excluding carboxylic acids is 1. The van der Waals surface area contributed by atoms with E-state index in [0.29, 0.717) is 6.04 Å². The lowest BCUT2D eigenvalue weighted by atomic mass is 10.1. The molecule has 2 heterocycles. The van der Waals surface area contributed by atoms with Crippen LogP contribution in [-0.4, -0.2) is 55.0 Å². The fourth-order valence-corrected chi connectivity index (χ4v) is 3.38. The fraction of sp³-hybridized carbons (Fsp3) is 0.562. The summed E-state index contributed by atoms with van der Waals surface area (Å²) in [5.41, 5.74) is 2.38. The minimum atomic E-state index is -0.0739. The van der Waals surface area contributed by atoms with Gasteiger partial charge in [-0.15, -0.1) is 0 Å². The summed E-state index contributed by atoms with van der Waals surface area (Å²) in [6, 6.07) is 8.53. The number of anilines is 1. The maximum absolute atomic E-state index is 12.8. The molecule has 3 rings (SSSR count). The number of benzene rings is 1. The third kappa shape index (κ3) is 2.52. The van der Waals surface area contributed by atoms with Crippen LogP contribution >= 0.6 is 0 Å². The third-order valence-electron chi connectivity index (χ3n) is 4.31. The van der Waals surface area contributed by atoms with E-state index in [1.807, 2.05) is 12.1 Å². The van der Waals surface area contributed by atoms with Crippen molar-refractivity contribution < 1.29 is 4.79 Å². The largest absolute Gasteiger partial charge is 0.373 e. The Balaban J connectivity index is 1.68. The molecule has 1 amide bonds. The average molecular weight is 273 g/mol. The highest BCUT2D eigenvalue weighted by atomic mass is 16.2. The second-order valence-corrected chi connectivity index (χ2v) is 6.15. The van der Waals surface area contributed by atoms with E-state index in [-0.39, 0.29) is 11.9 Å². The van der Waals surface area contributed by atoms with Gasteiger partial charge in [0.05, 0.1) is 0 Å². The molecule has 1 aromatic carbocycles. The smallest absolute Gasteiger partial charge is 0.245 e. The maximum Gasteiger partial charge on any atom is 0.245 e. The summed E-state index contributed by atoms with van der Waals surface area (Å²) >= 11 is 0. The van der Waals surface area contributed by atoms with Gasteiger partial charge in [-0.05, 0) is 38.6 Å². The van der Waals surface area contributed by atoms with Crippen molar-refractivity contribution in [3.63, 3.8) is 0 Å². The molecule has 4 nitrogen and oxygen atoms in total. The molecule has 1 aromatic rings. The highest BCUT2D eigenvalue weighted by Crippen LogP contribution is 2.28. The van der Waals surface area contributed by atoms with Crippen molar-refractivity contribution in [3.8, 4) is 0 Å². The van der Waals surface area contributed by atoms with E-state index in [4.69, 9.17) is 0 Å². The summed E-state index contributed by atoms with van der Waals surface area (Å²) in [7, 11) is 4.15. The van der Waals surface area contributed by atoms with E-state index in [9.17, 15) is 4.79 Å². The van der Waals surface area contributed by atoms with Gasteiger partial charge in [0.15, 0.2) is 0 Å². The van der Waals surface area contributed by atoms with Crippen LogP contribution in [0.3, 0.4) is 0 Å². The van der Waals surface area contributed by atoms with Crippen molar-refractivity contribution in [2.75, 3.05) is 32.5 Å². The number of hydrogen-bond donors (Lipinski definition) is 1. The Morgan fingerprint density at radius 3 is 2.95 bits per heavy atom. The molecule has 1 saturated heterocycles. The van der Waals surface area contributed by atoms with Gasteiger partial charge in [-0.25, -0.2) is 0 Å². The summed E-state index contributed by atoms with van der Waals surface area (Å²) in [5.74, 6) is 0.269. The van der Waals surface area contributed by atoms with Gasteiger partial charge in [0, 0.05) is 31.2 Å². The Labute approximate surface area is 120 Å². The van der Waals surface area contributed by atoms with Crippen LogP contribution in [0.5, 0.6) is 0 Å². The first-order valence-corrected chi connectivity index (χ1v) is 7.45. The average Bonchev–Trinajstić information content (AvgIpc) is 3.03. The lowest BCUT2D eigenvalue weighted by Gasteiger charge is -2.29. The minimum absolute atomic E-state index is 0.0739. The molecule has 0 aliphatic carbocycles. The van der Waals surface area contributed by atoms with Gasteiger partial charge in [-0.3, -0.25) is 4.79 Å². The van der Waals surface area contributed by atoms with Gasteiger partial charge >= 0.3 is 0 Å². The van der Waals surface area contributed by atoms with Crippen molar-refractivity contribution >= 4 is 11.6 Å². The quantitative estimate of drug-likeness (QED) is 0.908. The molecule has 2 aliphatic heterocycles. The number of rotatable bonds is 3. The Morgan fingerprint density at radius 1 is 1.40 bits per heavy atom. The molecular formula is C16H23N3O. The molecule has 0 spiro atoms. The predicted octanol–water partition coefficient (Wildman–Crippen LogP) is 1.58. The highest BCUT2D eigenvalue weighted by molar-refractivity contribution is 5.87. The molecule has 0 aromatic heterocycles. The molecule has 1 N–H and O–H groups in total. The summed E-state index contributed by atoms with van der Waals surface area (Å²) in [5, 5.41) is 3.38. The Hall–Kier alpha value is -1.55. The lowest BCUT2D eigenvalue weighted by molar-refractivity contribution is -0.132. The first kappa shape index (κ1) is 13.4. The Morgan fingerprint density at radius 2 is 2.20 bits per heavy atom. The highest BCUT2D eigenvalue weighted by Gasteiger charge is 2.35. The second-order valence-electron chi connectivity index (χ2n) is 6.15. The van der Waals surface area contributed by atoms with Gasteiger partial charge in [-0.1, -0.05) is 18.2 Å². The molecule has 4 heteroatoms. The summed E-state index contributed by atoms with van der Waals surface area (Å²) < 4.78 is 0. The van der Waals surface area contributed by atoms with Crippen molar-refractivity contribution in [2.45, 2.75) is 31.3 Å². The van der Waals surface area contributed by atoms with Gasteiger partial charge in [0.1, 0.15) is 6.04 Å². The summed E-state index contributed by atoms with van der Waals surface area (Å²) in [4.78, 5) is 17.0. The molecule has 2 aliphatic rings. The SMILES string of the molecule is CN(C)CC1CCCN1C(=O)C1Cc2ccccc2N1. The lowest BCUT2D eigenvalue weighted by Crippen LogP contribution is -2.47. The van der Waals surface area contributed by atoms with E-state index in [1.54, 1.807) is 0 Å². The number of para-hydroxylation sites is 1. The molecule has 0 bridgehead atoms. The number of likely N-dealkylation sites (N-methyl/N-ethyl adjacent to an activating group) is 1. The van der Waals surface area contributed by atoms with E-state index in [2.05, 4.69) is 41.3 Å². The summed E-state index contributed by atoms with van der Waals surface area (Å²) in [6.45, 7) is 1.87. The van der Waals surface area contributed by atoms with Crippen molar-refractivity contribution in [1.29, 1.82) is 0 Å². The zero-order valence-electron chi connectivity index (χ0n) is 12.3. The normalized spacial score (nSPS) is 24.9. The van der Waals surface area contributed by atoms with E-state index in [0.717, 1.165) is 38.0 Å². The maximum atomic E-state index is 12.8. The molecule has 108 valence electrons. The molecule has 1 fully saturated rings. The molecule has 2 atom stereocenters. The van der Waals surface area contributed by atoms with E-state index in [1.165, 1.54) is 5.56 Å². The number of nitrogens with one attached hydrogen (secondary N) is 1. The molecule has 2 unspecified atom stereocenters. The predicted molar refractivity (Wildman–Crippen MR) is 80.8 cm³/mol. The standard InChI is InChI=1S/C16H23N3O/c1-18(2)11-13-7-5-9-19(13)16(20)15-10-12-6-3-4-8-14(12)17-15/h3-4,6,8,13,15,17H,5,7,9-11H2,1-2H3. The van der Waals surface area contributed by atoms with Crippen LogP contribution in [-0.2, 0) is 11.2 Å². The van der Waals surface area contributed by atoms with Crippen LogP contribution in [0.2, 0.25) is 0 Å². The van der Waals surface area contributed by atoms with Crippen LogP contribution < -0.4 is 5.32 Å². The van der Waals surface area contributed by atoms with E-state index >= 15 is 0 Å². The van der Waals surface area contributed by atoms with Crippen molar-refractivity contribution in [2.24, 2.45) is 0 Å². The first-order valence-electron chi connectivity index (χ1n) is 7.45. The monoisotopic (exact) mass is 273 g/mol. The first-order chi connectivity index (χ1) is 9.65. The van der Waals surface area contributed by atoms with Crippen molar-refractivity contribution in [3.05, 3.63) is 29.8 Å². The van der Waals surface area contributed by atoms with Gasteiger partial charge in [0.25, 0.3) is 0 Å². The number of amides is 1.